The first-order valence-electron chi connectivity index (χ1n) is 9.74. The summed E-state index contributed by atoms with van der Waals surface area (Å²) in [7, 11) is 0. The van der Waals surface area contributed by atoms with Crippen molar-refractivity contribution >= 4 is 11.9 Å². The fourth-order valence-corrected chi connectivity index (χ4v) is 3.24. The molecule has 0 radical (unpaired) electrons. The first-order chi connectivity index (χ1) is 13.0. The molecular weight excluding hydrogens is 352 g/mol. The van der Waals surface area contributed by atoms with Gasteiger partial charge in [-0.25, -0.2) is 0 Å². The van der Waals surface area contributed by atoms with E-state index in [0.717, 1.165) is 29.6 Å². The topological polar surface area (TPSA) is 52.6 Å². The second kappa shape index (κ2) is 10.8. The first-order valence-corrected chi connectivity index (χ1v) is 9.74. The second-order valence-corrected chi connectivity index (χ2v) is 7.97. The van der Waals surface area contributed by atoms with Gasteiger partial charge in [0.1, 0.15) is 12.7 Å². The van der Waals surface area contributed by atoms with Gasteiger partial charge in [0, 0.05) is 13.8 Å². The van der Waals surface area contributed by atoms with Crippen LogP contribution in [0, 0.1) is 5.41 Å². The lowest BCUT2D eigenvalue weighted by molar-refractivity contribution is -0.145. The van der Waals surface area contributed by atoms with Gasteiger partial charge in [-0.05, 0) is 56.3 Å². The minimum atomic E-state index is -0.278. The van der Waals surface area contributed by atoms with Crippen LogP contribution in [0.25, 0.3) is 0 Å². The standard InChI is InChI=1S/C24H34O4/c1-17(9-8-10-18(2)14-16-27-20(4)25)11-12-22-19(3)23(28-21(5)26)13-15-24(22,6)7/h8-12,14,23H,13,15-16H2,1-7H3/b10-8+,12-11+,17-9+,18-14+. The average molecular weight is 387 g/mol. The molecule has 1 aliphatic rings. The highest BCUT2D eigenvalue weighted by Gasteiger charge is 2.33. The number of carbonyl (C=O) groups is 2. The van der Waals surface area contributed by atoms with Gasteiger partial charge in [0.15, 0.2) is 0 Å². The van der Waals surface area contributed by atoms with Crippen LogP contribution in [0.1, 0.15) is 61.3 Å². The molecule has 0 fully saturated rings. The van der Waals surface area contributed by atoms with Crippen LogP contribution in [0.15, 0.2) is 58.7 Å². The van der Waals surface area contributed by atoms with E-state index < -0.39 is 0 Å². The third-order valence-electron chi connectivity index (χ3n) is 4.90. The normalized spacial score (nSPS) is 20.8. The quantitative estimate of drug-likeness (QED) is 0.421. The van der Waals surface area contributed by atoms with Crippen LogP contribution in [-0.2, 0) is 19.1 Å². The zero-order valence-corrected chi connectivity index (χ0v) is 18.3. The molecule has 0 aliphatic heterocycles. The van der Waals surface area contributed by atoms with E-state index in [4.69, 9.17) is 9.47 Å². The van der Waals surface area contributed by atoms with Crippen LogP contribution < -0.4 is 0 Å². The molecule has 154 valence electrons. The van der Waals surface area contributed by atoms with Crippen molar-refractivity contribution in [3.05, 3.63) is 58.7 Å². The Kier molecular flexibility index (Phi) is 9.17. The molecule has 1 rings (SSSR count). The number of allylic oxidation sites excluding steroid dienone is 8. The third kappa shape index (κ3) is 8.12. The maximum atomic E-state index is 11.4. The molecule has 0 saturated carbocycles. The summed E-state index contributed by atoms with van der Waals surface area (Å²) in [6, 6.07) is 0. The second-order valence-electron chi connectivity index (χ2n) is 7.97. The van der Waals surface area contributed by atoms with Crippen LogP contribution in [0.5, 0.6) is 0 Å². The van der Waals surface area contributed by atoms with Crippen LogP contribution in [0.4, 0.5) is 0 Å². The molecule has 0 bridgehead atoms. The molecule has 1 unspecified atom stereocenters. The Labute approximate surface area is 169 Å². The minimum Gasteiger partial charge on any atom is -0.462 e. The maximum absolute atomic E-state index is 11.4. The molecular formula is C24H34O4. The number of hydrogen-bond donors (Lipinski definition) is 0. The highest BCUT2D eigenvalue weighted by atomic mass is 16.5. The lowest BCUT2D eigenvalue weighted by atomic mass is 9.71. The highest BCUT2D eigenvalue weighted by molar-refractivity contribution is 5.66. The molecule has 0 amide bonds. The molecule has 0 N–H and O–H groups in total. The Hall–Kier alpha value is -2.36. The maximum Gasteiger partial charge on any atom is 0.303 e. The van der Waals surface area contributed by atoms with Crippen molar-refractivity contribution in [1.29, 1.82) is 0 Å². The van der Waals surface area contributed by atoms with Gasteiger partial charge in [-0.1, -0.05) is 55.4 Å². The SMILES string of the molecule is CC(=O)OC/C=C(C)/C=C/C=C(C)/C=C/C1=C(C)C(OC(C)=O)CCC1(C)C. The van der Waals surface area contributed by atoms with Crippen molar-refractivity contribution in [2.24, 2.45) is 5.41 Å². The molecule has 0 aromatic rings. The van der Waals surface area contributed by atoms with E-state index >= 15 is 0 Å². The van der Waals surface area contributed by atoms with Gasteiger partial charge < -0.3 is 9.47 Å². The van der Waals surface area contributed by atoms with Crippen molar-refractivity contribution in [2.75, 3.05) is 6.61 Å². The van der Waals surface area contributed by atoms with Gasteiger partial charge in [-0.2, -0.15) is 0 Å². The predicted molar refractivity (Wildman–Crippen MR) is 114 cm³/mol. The van der Waals surface area contributed by atoms with Crippen molar-refractivity contribution in [1.82, 2.24) is 0 Å². The van der Waals surface area contributed by atoms with Crippen molar-refractivity contribution in [3.63, 3.8) is 0 Å². The Bertz CT molecular complexity index is 730. The summed E-state index contributed by atoms with van der Waals surface area (Å²) in [6.07, 6.45) is 13.8. The number of ether oxygens (including phenoxy) is 2. The summed E-state index contributed by atoms with van der Waals surface area (Å²) < 4.78 is 10.4. The monoisotopic (exact) mass is 386 g/mol. The highest BCUT2D eigenvalue weighted by Crippen LogP contribution is 2.42. The smallest absolute Gasteiger partial charge is 0.303 e. The predicted octanol–water partition coefficient (Wildman–Crippen LogP) is 5.62. The Balaban J connectivity index is 2.85. The number of rotatable bonds is 7. The zero-order valence-electron chi connectivity index (χ0n) is 18.3. The summed E-state index contributed by atoms with van der Waals surface area (Å²) in [5, 5.41) is 0. The van der Waals surface area contributed by atoms with Crippen LogP contribution in [-0.4, -0.2) is 24.6 Å². The molecule has 0 spiro atoms. The molecule has 0 saturated heterocycles. The largest absolute Gasteiger partial charge is 0.462 e. The molecule has 0 aromatic carbocycles. The molecule has 1 atom stereocenters. The minimum absolute atomic E-state index is 0.0589. The van der Waals surface area contributed by atoms with E-state index in [1.165, 1.54) is 19.4 Å². The average Bonchev–Trinajstić information content (AvgIpc) is 2.56. The summed E-state index contributed by atoms with van der Waals surface area (Å²) in [5.41, 5.74) is 4.58. The van der Waals surface area contributed by atoms with Crippen molar-refractivity contribution in [3.8, 4) is 0 Å². The van der Waals surface area contributed by atoms with Gasteiger partial charge in [-0.15, -0.1) is 0 Å². The number of carbonyl (C=O) groups excluding carboxylic acids is 2. The number of hydrogen-bond acceptors (Lipinski definition) is 4. The van der Waals surface area contributed by atoms with E-state index in [0.29, 0.717) is 6.61 Å². The van der Waals surface area contributed by atoms with Crippen LogP contribution in [0.2, 0.25) is 0 Å². The summed E-state index contributed by atoms with van der Waals surface area (Å²) in [5.74, 6) is -0.509. The van der Waals surface area contributed by atoms with E-state index in [2.05, 4.69) is 32.9 Å². The van der Waals surface area contributed by atoms with E-state index in [-0.39, 0.29) is 23.5 Å². The molecule has 28 heavy (non-hydrogen) atoms. The van der Waals surface area contributed by atoms with Gasteiger partial charge >= 0.3 is 11.9 Å². The van der Waals surface area contributed by atoms with E-state index in [1.54, 1.807) is 0 Å². The Morgan fingerprint density at radius 2 is 1.75 bits per heavy atom. The molecule has 0 heterocycles. The van der Waals surface area contributed by atoms with Crippen molar-refractivity contribution < 1.29 is 19.1 Å². The summed E-state index contributed by atoms with van der Waals surface area (Å²) >= 11 is 0. The van der Waals surface area contributed by atoms with Gasteiger partial charge in [0.2, 0.25) is 0 Å². The third-order valence-corrected chi connectivity index (χ3v) is 4.90. The molecule has 4 heteroatoms. The molecule has 4 nitrogen and oxygen atoms in total. The fourth-order valence-electron chi connectivity index (χ4n) is 3.24. The van der Waals surface area contributed by atoms with Crippen LogP contribution in [0.3, 0.4) is 0 Å². The molecule has 1 aliphatic carbocycles. The lowest BCUT2D eigenvalue weighted by Gasteiger charge is -2.36. The number of esters is 2. The van der Waals surface area contributed by atoms with E-state index in [1.807, 2.05) is 38.2 Å². The zero-order chi connectivity index (χ0) is 21.3. The van der Waals surface area contributed by atoms with Gasteiger partial charge in [0.25, 0.3) is 0 Å². The van der Waals surface area contributed by atoms with Gasteiger partial charge in [-0.3, -0.25) is 9.59 Å². The first kappa shape index (κ1) is 23.7. The Morgan fingerprint density at radius 1 is 1.07 bits per heavy atom. The molecule has 0 aromatic heterocycles. The van der Waals surface area contributed by atoms with Crippen molar-refractivity contribution in [2.45, 2.75) is 67.4 Å². The van der Waals surface area contributed by atoms with Gasteiger partial charge in [0.05, 0.1) is 0 Å². The van der Waals surface area contributed by atoms with Crippen LogP contribution >= 0.6 is 0 Å². The Morgan fingerprint density at radius 3 is 2.36 bits per heavy atom. The summed E-state index contributed by atoms with van der Waals surface area (Å²) in [6.45, 7) is 13.7. The summed E-state index contributed by atoms with van der Waals surface area (Å²) in [4.78, 5) is 22.1. The lowest BCUT2D eigenvalue weighted by Crippen LogP contribution is -2.30. The van der Waals surface area contributed by atoms with E-state index in [9.17, 15) is 9.59 Å². The fraction of sp³-hybridized carbons (Fsp3) is 0.500.